The van der Waals surface area contributed by atoms with Crippen molar-refractivity contribution in [3.63, 3.8) is 0 Å². The van der Waals surface area contributed by atoms with Gasteiger partial charge in [0.2, 0.25) is 5.91 Å². The number of amides is 1. The van der Waals surface area contributed by atoms with Crippen molar-refractivity contribution in [1.82, 2.24) is 0 Å². The topological polar surface area (TPSA) is 70.6 Å². The van der Waals surface area contributed by atoms with Crippen LogP contribution in [-0.2, 0) is 11.2 Å². The van der Waals surface area contributed by atoms with Crippen LogP contribution < -0.4 is 15.4 Å². The minimum Gasteiger partial charge on any atom is -0.494 e. The molecule has 3 aromatic carbocycles. The number of aryl methyl sites for hydroxylation is 1. The van der Waals surface area contributed by atoms with Crippen LogP contribution in [0.3, 0.4) is 0 Å². The first kappa shape index (κ1) is 23.3. The summed E-state index contributed by atoms with van der Waals surface area (Å²) < 4.78 is 5.57. The van der Waals surface area contributed by atoms with Crippen LogP contribution in [0.15, 0.2) is 85.0 Å². The highest BCUT2D eigenvalue weighted by atomic mass is 16.5. The Kier molecular flexibility index (Phi) is 7.45. The summed E-state index contributed by atoms with van der Waals surface area (Å²) in [7, 11) is 0. The van der Waals surface area contributed by atoms with Gasteiger partial charge in [0.25, 0.3) is 0 Å². The van der Waals surface area contributed by atoms with E-state index in [-0.39, 0.29) is 5.91 Å². The minimum absolute atomic E-state index is 0.223. The first-order chi connectivity index (χ1) is 16.5. The molecule has 1 atom stereocenters. The van der Waals surface area contributed by atoms with Gasteiger partial charge >= 0.3 is 0 Å². The second-order valence-corrected chi connectivity index (χ2v) is 8.32. The van der Waals surface area contributed by atoms with Gasteiger partial charge in [-0.1, -0.05) is 60.2 Å². The van der Waals surface area contributed by atoms with Crippen molar-refractivity contribution in [3.8, 4) is 5.75 Å². The summed E-state index contributed by atoms with van der Waals surface area (Å²) in [6, 6.07) is 22.0. The lowest BCUT2D eigenvalue weighted by Crippen LogP contribution is -2.28. The normalized spacial score (nSPS) is 15.5. The molecule has 5 heteroatoms. The molecule has 0 spiro atoms. The average molecular weight is 455 g/mol. The van der Waals surface area contributed by atoms with Crippen molar-refractivity contribution in [2.45, 2.75) is 26.4 Å². The third-order valence-electron chi connectivity index (χ3n) is 5.75. The SMILES string of the molecule is CCOc1ccc(C(=CC=CC(=O)Nc2cccc3c2CC(O)CN3)c2ccc(C)cc2)cc1. The molecular weight excluding hydrogens is 424 g/mol. The molecule has 1 heterocycles. The molecule has 1 aliphatic rings. The molecule has 1 unspecified atom stereocenters. The van der Waals surface area contributed by atoms with E-state index in [9.17, 15) is 9.90 Å². The fraction of sp³-hybridized carbons (Fsp3) is 0.207. The van der Waals surface area contributed by atoms with E-state index in [0.717, 1.165) is 33.7 Å². The molecule has 1 amide bonds. The lowest BCUT2D eigenvalue weighted by Gasteiger charge is -2.24. The number of allylic oxidation sites excluding steroid dienone is 2. The average Bonchev–Trinajstić information content (AvgIpc) is 2.84. The van der Waals surface area contributed by atoms with Gasteiger partial charge in [0.05, 0.1) is 12.7 Å². The monoisotopic (exact) mass is 454 g/mol. The maximum absolute atomic E-state index is 12.7. The van der Waals surface area contributed by atoms with E-state index in [1.165, 1.54) is 11.6 Å². The van der Waals surface area contributed by atoms with E-state index in [2.05, 4.69) is 41.8 Å². The summed E-state index contributed by atoms with van der Waals surface area (Å²) in [5, 5.41) is 16.1. The largest absolute Gasteiger partial charge is 0.494 e. The molecule has 0 saturated carbocycles. The van der Waals surface area contributed by atoms with E-state index < -0.39 is 6.10 Å². The highest BCUT2D eigenvalue weighted by molar-refractivity contribution is 6.00. The maximum Gasteiger partial charge on any atom is 0.248 e. The van der Waals surface area contributed by atoms with E-state index in [4.69, 9.17) is 4.74 Å². The predicted molar refractivity (Wildman–Crippen MR) is 138 cm³/mol. The number of rotatable bonds is 7. The molecule has 0 aliphatic carbocycles. The number of carbonyl (C=O) groups is 1. The van der Waals surface area contributed by atoms with Crippen molar-refractivity contribution in [2.75, 3.05) is 23.8 Å². The number of hydrogen-bond donors (Lipinski definition) is 3. The Morgan fingerprint density at radius 2 is 1.79 bits per heavy atom. The summed E-state index contributed by atoms with van der Waals surface area (Å²) >= 11 is 0. The second kappa shape index (κ2) is 10.9. The summed E-state index contributed by atoms with van der Waals surface area (Å²) in [6.45, 7) is 5.16. The zero-order chi connectivity index (χ0) is 23.9. The van der Waals surface area contributed by atoms with Crippen LogP contribution in [0, 0.1) is 6.92 Å². The van der Waals surface area contributed by atoms with Crippen LogP contribution in [0.4, 0.5) is 11.4 Å². The number of anilines is 2. The fourth-order valence-corrected chi connectivity index (χ4v) is 4.02. The summed E-state index contributed by atoms with van der Waals surface area (Å²) in [6.07, 6.45) is 5.29. The van der Waals surface area contributed by atoms with Gasteiger partial charge in [-0.25, -0.2) is 0 Å². The van der Waals surface area contributed by atoms with Crippen LogP contribution >= 0.6 is 0 Å². The van der Waals surface area contributed by atoms with Crippen molar-refractivity contribution >= 4 is 22.9 Å². The molecule has 4 rings (SSSR count). The highest BCUT2D eigenvalue weighted by Gasteiger charge is 2.19. The second-order valence-electron chi connectivity index (χ2n) is 8.32. The van der Waals surface area contributed by atoms with Crippen molar-refractivity contribution in [3.05, 3.63) is 107 Å². The summed E-state index contributed by atoms with van der Waals surface area (Å²) in [5.41, 5.74) is 6.89. The van der Waals surface area contributed by atoms with Crippen LogP contribution in [0.1, 0.15) is 29.2 Å². The number of benzene rings is 3. The number of nitrogens with one attached hydrogen (secondary N) is 2. The van der Waals surface area contributed by atoms with Gasteiger partial charge in [-0.3, -0.25) is 4.79 Å². The maximum atomic E-state index is 12.7. The number of aliphatic hydroxyl groups excluding tert-OH is 1. The fourth-order valence-electron chi connectivity index (χ4n) is 4.02. The van der Waals surface area contributed by atoms with E-state index in [0.29, 0.717) is 25.3 Å². The van der Waals surface area contributed by atoms with Crippen molar-refractivity contribution < 1.29 is 14.6 Å². The Bertz CT molecular complexity index is 1200. The zero-order valence-electron chi connectivity index (χ0n) is 19.5. The Morgan fingerprint density at radius 1 is 1.09 bits per heavy atom. The highest BCUT2D eigenvalue weighted by Crippen LogP contribution is 2.29. The standard InChI is InChI=1S/C29H30N2O3/c1-3-34-24-16-14-22(15-17-24)25(21-12-10-20(2)11-13-21)6-4-9-29(33)31-28-8-5-7-27-26(28)18-23(32)19-30-27/h4-17,23,30,32H,3,18-19H2,1-2H3,(H,31,33). The summed E-state index contributed by atoms with van der Waals surface area (Å²) in [5.74, 6) is 0.606. The van der Waals surface area contributed by atoms with Gasteiger partial charge in [0, 0.05) is 36.0 Å². The number of hydrogen-bond acceptors (Lipinski definition) is 4. The van der Waals surface area contributed by atoms with Crippen molar-refractivity contribution in [2.24, 2.45) is 0 Å². The molecule has 0 bridgehead atoms. The lowest BCUT2D eigenvalue weighted by molar-refractivity contribution is -0.111. The molecule has 5 nitrogen and oxygen atoms in total. The Labute approximate surface area is 200 Å². The van der Waals surface area contributed by atoms with E-state index >= 15 is 0 Å². The van der Waals surface area contributed by atoms with E-state index in [1.807, 2.05) is 55.5 Å². The molecule has 1 aliphatic heterocycles. The third kappa shape index (κ3) is 5.74. The summed E-state index contributed by atoms with van der Waals surface area (Å²) in [4.78, 5) is 12.7. The predicted octanol–water partition coefficient (Wildman–Crippen LogP) is 5.35. The molecule has 34 heavy (non-hydrogen) atoms. The molecule has 174 valence electrons. The lowest BCUT2D eigenvalue weighted by atomic mass is 9.96. The zero-order valence-corrected chi connectivity index (χ0v) is 19.5. The van der Waals surface area contributed by atoms with Gasteiger partial charge in [-0.15, -0.1) is 0 Å². The third-order valence-corrected chi connectivity index (χ3v) is 5.75. The van der Waals surface area contributed by atoms with Crippen LogP contribution in [0.5, 0.6) is 5.75 Å². The van der Waals surface area contributed by atoms with Gasteiger partial charge in [0.15, 0.2) is 0 Å². The molecule has 0 aromatic heterocycles. The van der Waals surface area contributed by atoms with Crippen molar-refractivity contribution in [1.29, 1.82) is 0 Å². The van der Waals surface area contributed by atoms with Crippen LogP contribution in [0.25, 0.3) is 5.57 Å². The quantitative estimate of drug-likeness (QED) is 0.333. The molecule has 3 N–H and O–H groups in total. The number of ether oxygens (including phenoxy) is 1. The van der Waals surface area contributed by atoms with Gasteiger partial charge in [0.1, 0.15) is 5.75 Å². The molecule has 0 radical (unpaired) electrons. The smallest absolute Gasteiger partial charge is 0.248 e. The van der Waals surface area contributed by atoms with Gasteiger partial charge in [-0.05, 0) is 54.8 Å². The van der Waals surface area contributed by atoms with E-state index in [1.54, 1.807) is 6.08 Å². The molecule has 3 aromatic rings. The van der Waals surface area contributed by atoms with Gasteiger partial charge in [-0.2, -0.15) is 0 Å². The molecular formula is C29H30N2O3. The molecule has 0 fully saturated rings. The Hall–Kier alpha value is -3.83. The first-order valence-electron chi connectivity index (χ1n) is 11.6. The van der Waals surface area contributed by atoms with Crippen LogP contribution in [0.2, 0.25) is 0 Å². The first-order valence-corrected chi connectivity index (χ1v) is 11.6. The van der Waals surface area contributed by atoms with Crippen LogP contribution in [-0.4, -0.2) is 30.3 Å². The Morgan fingerprint density at radius 3 is 2.50 bits per heavy atom. The number of carbonyl (C=O) groups excluding carboxylic acids is 1. The number of β-amino-alcohol motifs (C(OH)–C–C–N with tert-alkyl or cyclic N) is 1. The number of fused-ring (bicyclic) bond motifs is 1. The molecule has 0 saturated heterocycles. The Balaban J connectivity index is 1.55. The van der Waals surface area contributed by atoms with Gasteiger partial charge < -0.3 is 20.5 Å². The number of aliphatic hydroxyl groups is 1. The minimum atomic E-state index is -0.463.